The summed E-state index contributed by atoms with van der Waals surface area (Å²) in [4.78, 5) is 5.24. The van der Waals surface area contributed by atoms with Crippen LogP contribution in [0.4, 0.5) is 0 Å². The SMILES string of the molecule is Cl.Cl.O=S(=O)(/C=C/C1=Cc2cnc3cccc(n23)S1)NCC1CCNCC1. The molecule has 0 unspecified atom stereocenters. The third-order valence-electron chi connectivity index (χ3n) is 4.48. The Labute approximate surface area is 175 Å². The predicted octanol–water partition coefficient (Wildman–Crippen LogP) is 3.06. The number of aromatic nitrogens is 2. The first-order valence-corrected chi connectivity index (χ1v) is 10.7. The smallest absolute Gasteiger partial charge is 0.233 e. The number of thioether (sulfide) groups is 1. The molecule has 4 rings (SSSR count). The van der Waals surface area contributed by atoms with Crippen LogP contribution in [0.25, 0.3) is 11.7 Å². The van der Waals surface area contributed by atoms with Crippen molar-refractivity contribution in [1.82, 2.24) is 19.4 Å². The maximum Gasteiger partial charge on any atom is 0.233 e. The van der Waals surface area contributed by atoms with Crippen molar-refractivity contribution in [2.45, 2.75) is 17.9 Å². The van der Waals surface area contributed by atoms with Crippen LogP contribution in [0.15, 0.2) is 45.8 Å². The predicted molar refractivity (Wildman–Crippen MR) is 115 cm³/mol. The van der Waals surface area contributed by atoms with Crippen molar-refractivity contribution in [3.05, 3.63) is 46.5 Å². The summed E-state index contributed by atoms with van der Waals surface area (Å²) >= 11 is 1.54. The Morgan fingerprint density at radius 1 is 1.30 bits per heavy atom. The highest BCUT2D eigenvalue weighted by Gasteiger charge is 2.17. The maximum atomic E-state index is 12.2. The van der Waals surface area contributed by atoms with E-state index >= 15 is 0 Å². The number of nitrogens with zero attached hydrogens (tertiary/aromatic N) is 2. The number of allylic oxidation sites excluding steroid dienone is 1. The van der Waals surface area contributed by atoms with Gasteiger partial charge in [-0.3, -0.25) is 4.40 Å². The molecule has 2 aromatic heterocycles. The average Bonchev–Trinajstić information content (AvgIpc) is 3.04. The largest absolute Gasteiger partial charge is 0.317 e. The lowest BCUT2D eigenvalue weighted by atomic mass is 9.99. The minimum atomic E-state index is -3.42. The van der Waals surface area contributed by atoms with E-state index in [1.165, 1.54) is 17.2 Å². The molecule has 0 aliphatic carbocycles. The minimum Gasteiger partial charge on any atom is -0.317 e. The molecule has 2 aromatic rings. The quantitative estimate of drug-likeness (QED) is 0.734. The highest BCUT2D eigenvalue weighted by molar-refractivity contribution is 8.03. The normalized spacial score (nSPS) is 17.4. The minimum absolute atomic E-state index is 0. The second-order valence-corrected chi connectivity index (χ2v) is 9.02. The van der Waals surface area contributed by atoms with Crippen LogP contribution in [0.5, 0.6) is 0 Å². The van der Waals surface area contributed by atoms with E-state index in [0.717, 1.165) is 47.2 Å². The van der Waals surface area contributed by atoms with E-state index in [9.17, 15) is 8.42 Å². The Hall–Kier alpha value is -1.03. The molecule has 0 spiro atoms. The zero-order valence-corrected chi connectivity index (χ0v) is 17.8. The zero-order chi connectivity index (χ0) is 17.3. The lowest BCUT2D eigenvalue weighted by Gasteiger charge is -2.22. The molecule has 148 valence electrons. The summed E-state index contributed by atoms with van der Waals surface area (Å²) in [5.74, 6) is 0.416. The molecule has 4 heterocycles. The first kappa shape index (κ1) is 22.3. The summed E-state index contributed by atoms with van der Waals surface area (Å²) in [6.45, 7) is 2.43. The highest BCUT2D eigenvalue weighted by Crippen LogP contribution is 2.34. The van der Waals surface area contributed by atoms with Crippen LogP contribution in [0.3, 0.4) is 0 Å². The summed E-state index contributed by atoms with van der Waals surface area (Å²) in [5, 5.41) is 5.58. The summed E-state index contributed by atoms with van der Waals surface area (Å²) in [6.07, 6.45) is 7.44. The van der Waals surface area contributed by atoms with E-state index in [0.29, 0.717) is 12.5 Å². The number of rotatable bonds is 5. The van der Waals surface area contributed by atoms with Gasteiger partial charge in [0.15, 0.2) is 0 Å². The third kappa shape index (κ3) is 5.28. The van der Waals surface area contributed by atoms with Crippen molar-refractivity contribution in [3.8, 4) is 0 Å². The first-order chi connectivity index (χ1) is 12.1. The average molecular weight is 449 g/mol. The molecule has 0 aromatic carbocycles. The summed E-state index contributed by atoms with van der Waals surface area (Å²) in [5.41, 5.74) is 1.86. The number of sulfonamides is 1. The Kier molecular flexibility index (Phi) is 7.79. The molecule has 1 saturated heterocycles. The van der Waals surface area contributed by atoms with Gasteiger partial charge in [0.05, 0.1) is 16.9 Å². The fraction of sp³-hybridized carbons (Fsp3) is 0.353. The fourth-order valence-electron chi connectivity index (χ4n) is 3.11. The lowest BCUT2D eigenvalue weighted by molar-refractivity contribution is 0.373. The number of nitrogens with one attached hydrogen (secondary N) is 2. The van der Waals surface area contributed by atoms with Gasteiger partial charge in [0.1, 0.15) is 5.65 Å². The van der Waals surface area contributed by atoms with E-state index in [1.807, 2.05) is 24.3 Å². The molecule has 0 atom stereocenters. The Morgan fingerprint density at radius 2 is 2.07 bits per heavy atom. The zero-order valence-electron chi connectivity index (χ0n) is 14.5. The summed E-state index contributed by atoms with van der Waals surface area (Å²) in [7, 11) is -3.42. The van der Waals surface area contributed by atoms with Gasteiger partial charge in [0, 0.05) is 16.9 Å². The Morgan fingerprint density at radius 3 is 2.85 bits per heavy atom. The Balaban J connectivity index is 0.00000131. The van der Waals surface area contributed by atoms with Crippen LogP contribution < -0.4 is 10.0 Å². The molecule has 0 saturated carbocycles. The van der Waals surface area contributed by atoms with Crippen LogP contribution in [-0.2, 0) is 10.0 Å². The van der Waals surface area contributed by atoms with Crippen LogP contribution in [0.2, 0.25) is 0 Å². The van der Waals surface area contributed by atoms with Crippen molar-refractivity contribution >= 4 is 58.3 Å². The molecule has 0 amide bonds. The number of halogens is 2. The van der Waals surface area contributed by atoms with Gasteiger partial charge < -0.3 is 5.32 Å². The van der Waals surface area contributed by atoms with E-state index in [1.54, 1.807) is 12.3 Å². The number of pyridine rings is 1. The number of hydrogen-bond acceptors (Lipinski definition) is 5. The molecule has 6 nitrogen and oxygen atoms in total. The van der Waals surface area contributed by atoms with E-state index < -0.39 is 10.0 Å². The maximum absolute atomic E-state index is 12.2. The Bertz CT molecular complexity index is 951. The van der Waals surface area contributed by atoms with E-state index in [-0.39, 0.29) is 24.8 Å². The van der Waals surface area contributed by atoms with Crippen molar-refractivity contribution < 1.29 is 8.42 Å². The molecule has 10 heteroatoms. The van der Waals surface area contributed by atoms with Gasteiger partial charge in [0.2, 0.25) is 10.0 Å². The third-order valence-corrected chi connectivity index (χ3v) is 6.56. The van der Waals surface area contributed by atoms with Gasteiger partial charge in [-0.05, 0) is 56.1 Å². The van der Waals surface area contributed by atoms with E-state index in [4.69, 9.17) is 0 Å². The molecular weight excluding hydrogens is 427 g/mol. The van der Waals surface area contributed by atoms with Crippen molar-refractivity contribution in [2.24, 2.45) is 5.92 Å². The molecule has 27 heavy (non-hydrogen) atoms. The second kappa shape index (κ2) is 9.45. The second-order valence-electron chi connectivity index (χ2n) is 6.28. The topological polar surface area (TPSA) is 75.5 Å². The molecule has 0 bridgehead atoms. The number of hydrogen-bond donors (Lipinski definition) is 2. The van der Waals surface area contributed by atoms with Crippen molar-refractivity contribution in [2.75, 3.05) is 19.6 Å². The van der Waals surface area contributed by atoms with Gasteiger partial charge in [-0.15, -0.1) is 24.8 Å². The van der Waals surface area contributed by atoms with Crippen LogP contribution in [-0.4, -0.2) is 37.4 Å². The lowest BCUT2D eigenvalue weighted by Crippen LogP contribution is -2.35. The standard InChI is InChI=1S/C17H20N4O2S2.2ClH/c22-25(23,20-11-13-4-7-18-8-5-13)9-6-15-10-14-12-19-16-2-1-3-17(24-15)21(14)16;;/h1-3,6,9-10,12-13,18,20H,4-5,7-8,11H2;2*1H/b9-6+;;. The monoisotopic (exact) mass is 448 g/mol. The molecule has 2 aliphatic rings. The van der Waals surface area contributed by atoms with Gasteiger partial charge in [-0.2, -0.15) is 0 Å². The van der Waals surface area contributed by atoms with Crippen molar-refractivity contribution in [3.63, 3.8) is 0 Å². The van der Waals surface area contributed by atoms with Crippen LogP contribution in [0, 0.1) is 5.92 Å². The van der Waals surface area contributed by atoms with Gasteiger partial charge in [-0.1, -0.05) is 17.8 Å². The molecule has 2 aliphatic heterocycles. The highest BCUT2D eigenvalue weighted by atomic mass is 35.5. The van der Waals surface area contributed by atoms with E-state index in [2.05, 4.69) is 19.4 Å². The molecule has 2 N–H and O–H groups in total. The fourth-order valence-corrected chi connectivity index (χ4v) is 5.08. The van der Waals surface area contributed by atoms with Crippen LogP contribution in [0.1, 0.15) is 18.5 Å². The molecule has 1 fully saturated rings. The summed E-state index contributed by atoms with van der Waals surface area (Å²) < 4.78 is 29.2. The van der Waals surface area contributed by atoms with Crippen LogP contribution >= 0.6 is 36.6 Å². The van der Waals surface area contributed by atoms with Gasteiger partial charge in [0.25, 0.3) is 0 Å². The number of imidazole rings is 1. The van der Waals surface area contributed by atoms with Gasteiger partial charge >= 0.3 is 0 Å². The van der Waals surface area contributed by atoms with Crippen molar-refractivity contribution in [1.29, 1.82) is 0 Å². The summed E-state index contributed by atoms with van der Waals surface area (Å²) in [6, 6.07) is 5.92. The first-order valence-electron chi connectivity index (χ1n) is 8.35. The molecule has 0 radical (unpaired) electrons. The number of piperidine rings is 1. The van der Waals surface area contributed by atoms with Gasteiger partial charge in [-0.25, -0.2) is 18.1 Å². The molecular formula is C17H22Cl2N4O2S2.